The summed E-state index contributed by atoms with van der Waals surface area (Å²) >= 11 is -3.84. The Morgan fingerprint density at radius 3 is 2.47 bits per heavy atom. The van der Waals surface area contributed by atoms with Crippen molar-refractivity contribution in [1.82, 2.24) is 0 Å². The van der Waals surface area contributed by atoms with Gasteiger partial charge in [0.25, 0.3) is 0 Å². The second-order valence-electron chi connectivity index (χ2n) is 4.24. The van der Waals surface area contributed by atoms with Gasteiger partial charge >= 0.3 is 115 Å². The molecule has 0 unspecified atom stereocenters. The first-order valence-corrected chi connectivity index (χ1v) is 8.85. The fourth-order valence-electron chi connectivity index (χ4n) is 2.31. The van der Waals surface area contributed by atoms with Crippen molar-refractivity contribution in [2.75, 3.05) is 0 Å². The maximum atomic E-state index is 11.3. The van der Waals surface area contributed by atoms with Gasteiger partial charge in [-0.05, 0) is 0 Å². The third kappa shape index (κ3) is 1.97. The molecule has 0 radical (unpaired) electrons. The molecule has 1 aliphatic carbocycles. The zero-order valence-corrected chi connectivity index (χ0v) is 11.8. The Kier molecular flexibility index (Phi) is 2.72. The van der Waals surface area contributed by atoms with E-state index >= 15 is 0 Å². The van der Waals surface area contributed by atoms with Gasteiger partial charge in [-0.15, -0.1) is 0 Å². The quantitative estimate of drug-likeness (QED) is 0.678. The SMILES string of the molecule is [O]=[Ti](=[O])[C]1=Cc2cccc3cc(S(=O)(=O)O)cc1c23. The summed E-state index contributed by atoms with van der Waals surface area (Å²) in [5, 5.41) is 1.30. The van der Waals surface area contributed by atoms with E-state index in [4.69, 9.17) is 4.55 Å². The van der Waals surface area contributed by atoms with E-state index in [1.165, 1.54) is 12.1 Å². The molecular weight excluding hydrogens is 304 g/mol. The monoisotopic (exact) mass is 311 g/mol. The predicted octanol–water partition coefficient (Wildman–Crippen LogP) is 2.21. The van der Waals surface area contributed by atoms with Crippen LogP contribution in [-0.4, -0.2) is 13.0 Å². The Morgan fingerprint density at radius 2 is 1.84 bits per heavy atom. The Morgan fingerprint density at radius 1 is 1.11 bits per heavy atom. The van der Waals surface area contributed by atoms with Crippen molar-refractivity contribution in [2.24, 2.45) is 0 Å². The van der Waals surface area contributed by atoms with Crippen LogP contribution < -0.4 is 0 Å². The molecule has 0 atom stereocenters. The van der Waals surface area contributed by atoms with Gasteiger partial charge in [-0.3, -0.25) is 0 Å². The fraction of sp³-hybridized carbons (Fsp3) is 0. The number of hydrogen-bond acceptors (Lipinski definition) is 4. The number of hydrogen-bond donors (Lipinski definition) is 1. The Hall–Kier alpha value is -1.34. The minimum absolute atomic E-state index is 0.164. The van der Waals surface area contributed by atoms with Crippen LogP contribution in [0.2, 0.25) is 0 Å². The topological polar surface area (TPSA) is 88.5 Å². The van der Waals surface area contributed by atoms with Gasteiger partial charge in [0.15, 0.2) is 0 Å². The van der Waals surface area contributed by atoms with Crippen LogP contribution in [-0.2, 0) is 34.6 Å². The molecular formula is C12H7O5STi. The first-order chi connectivity index (χ1) is 8.88. The van der Waals surface area contributed by atoms with Crippen LogP contribution in [0.25, 0.3) is 20.7 Å². The Bertz CT molecular complexity index is 915. The van der Waals surface area contributed by atoms with Gasteiger partial charge in [0, 0.05) is 0 Å². The van der Waals surface area contributed by atoms with Crippen molar-refractivity contribution in [3.63, 3.8) is 0 Å². The van der Waals surface area contributed by atoms with Crippen molar-refractivity contribution in [3.8, 4) is 0 Å². The molecule has 0 aromatic heterocycles. The molecule has 5 nitrogen and oxygen atoms in total. The predicted molar refractivity (Wildman–Crippen MR) is 63.0 cm³/mol. The Labute approximate surface area is 114 Å². The average Bonchev–Trinajstić information content (AvgIpc) is 2.69. The van der Waals surface area contributed by atoms with Gasteiger partial charge in [0.1, 0.15) is 0 Å². The summed E-state index contributed by atoms with van der Waals surface area (Å²) in [6, 6.07) is 7.72. The zero-order valence-electron chi connectivity index (χ0n) is 9.45. The molecule has 3 rings (SSSR count). The summed E-state index contributed by atoms with van der Waals surface area (Å²) in [5.41, 5.74) is 1.11. The van der Waals surface area contributed by atoms with Crippen molar-refractivity contribution in [1.29, 1.82) is 0 Å². The molecule has 2 aromatic rings. The summed E-state index contributed by atoms with van der Waals surface area (Å²) in [6.07, 6.45) is 1.54. The standard InChI is InChI=1S/C12H7O3S.2O.Ti/c13-16(14,15)11-6-9-3-1-2-8-4-5-10(7-11)12(8)9;;;/h1-4,6-7H,(H,13,14,15);;;. The van der Waals surface area contributed by atoms with E-state index in [1.54, 1.807) is 24.3 Å². The van der Waals surface area contributed by atoms with Crippen LogP contribution in [0.15, 0.2) is 35.2 Å². The number of rotatable bonds is 2. The number of benzene rings is 2. The molecule has 95 valence electrons. The summed E-state index contributed by atoms with van der Waals surface area (Å²) < 4.78 is 54.4. The van der Waals surface area contributed by atoms with Crippen LogP contribution in [0.3, 0.4) is 0 Å². The van der Waals surface area contributed by atoms with Gasteiger partial charge in [-0.25, -0.2) is 0 Å². The van der Waals surface area contributed by atoms with Crippen LogP contribution in [0.1, 0.15) is 11.1 Å². The second-order valence-corrected chi connectivity index (χ2v) is 7.40. The van der Waals surface area contributed by atoms with E-state index in [2.05, 4.69) is 0 Å². The van der Waals surface area contributed by atoms with Crippen LogP contribution in [0.4, 0.5) is 0 Å². The van der Waals surface area contributed by atoms with E-state index in [0.717, 1.165) is 5.56 Å². The molecule has 0 aliphatic heterocycles. The van der Waals surface area contributed by atoms with Gasteiger partial charge in [-0.2, -0.15) is 0 Å². The van der Waals surface area contributed by atoms with E-state index in [1.807, 2.05) is 0 Å². The average molecular weight is 311 g/mol. The van der Waals surface area contributed by atoms with Gasteiger partial charge in [0.2, 0.25) is 0 Å². The maximum absolute atomic E-state index is 11.3. The summed E-state index contributed by atoms with van der Waals surface area (Å²) in [7, 11) is -4.37. The van der Waals surface area contributed by atoms with E-state index in [0.29, 0.717) is 16.3 Å². The first kappa shape index (κ1) is 12.7. The molecule has 0 saturated heterocycles. The van der Waals surface area contributed by atoms with Crippen LogP contribution in [0.5, 0.6) is 0 Å². The minimum atomic E-state index is -4.37. The van der Waals surface area contributed by atoms with Gasteiger partial charge in [-0.1, -0.05) is 0 Å². The molecule has 0 heterocycles. The normalized spacial score (nSPS) is 13.6. The molecule has 0 spiro atoms. The fourth-order valence-corrected chi connectivity index (χ4v) is 3.93. The molecule has 1 aliphatic rings. The van der Waals surface area contributed by atoms with Gasteiger partial charge in [0.05, 0.1) is 0 Å². The van der Waals surface area contributed by atoms with Crippen molar-refractivity contribution in [3.05, 3.63) is 41.5 Å². The van der Waals surface area contributed by atoms with Crippen LogP contribution >= 0.6 is 0 Å². The molecule has 0 fully saturated rings. The van der Waals surface area contributed by atoms with Gasteiger partial charge < -0.3 is 0 Å². The van der Waals surface area contributed by atoms with Crippen molar-refractivity contribution < 1.29 is 37.4 Å². The molecule has 19 heavy (non-hydrogen) atoms. The first-order valence-electron chi connectivity index (χ1n) is 5.35. The van der Waals surface area contributed by atoms with Crippen LogP contribution in [0, 0.1) is 0 Å². The molecule has 0 saturated carbocycles. The summed E-state index contributed by atoms with van der Waals surface area (Å²) in [5.74, 6) is 0. The zero-order chi connectivity index (χ0) is 13.8. The van der Waals surface area contributed by atoms with E-state index < -0.39 is 27.9 Å². The summed E-state index contributed by atoms with van der Waals surface area (Å²) in [6.45, 7) is 0. The van der Waals surface area contributed by atoms with Crippen molar-refractivity contribution >= 4 is 30.8 Å². The summed E-state index contributed by atoms with van der Waals surface area (Å²) in [4.78, 5) is -0.292. The van der Waals surface area contributed by atoms with Crippen molar-refractivity contribution in [2.45, 2.75) is 4.90 Å². The molecule has 1 N–H and O–H groups in total. The molecule has 0 bridgehead atoms. The molecule has 7 heteroatoms. The second kappa shape index (κ2) is 4.08. The van der Waals surface area contributed by atoms with E-state index in [-0.39, 0.29) is 8.77 Å². The van der Waals surface area contributed by atoms with E-state index in [9.17, 15) is 15.1 Å². The Balaban J connectivity index is 2.48. The molecule has 2 aromatic carbocycles. The third-order valence-electron chi connectivity index (χ3n) is 3.09. The third-order valence-corrected chi connectivity index (χ3v) is 5.25. The molecule has 0 amide bonds.